The summed E-state index contributed by atoms with van der Waals surface area (Å²) in [6.45, 7) is 1.90. The first kappa shape index (κ1) is 26.1. The maximum Gasteiger partial charge on any atom is 0.338 e. The molecule has 4 aromatic rings. The molecule has 1 unspecified atom stereocenters. The SMILES string of the molecule is CCCC(OC(=O)c1ccc2c(c1)C(=O)N(c1ccc(Sc3ccccc3)cc1)C2=O)C(=O)c1ccccc1. The highest BCUT2D eigenvalue weighted by molar-refractivity contribution is 7.99. The topological polar surface area (TPSA) is 80.8 Å². The number of Topliss-reactive ketones (excluding diaryl/α,β-unsaturated/α-hetero) is 1. The molecule has 0 saturated heterocycles. The van der Waals surface area contributed by atoms with Crippen molar-refractivity contribution in [3.05, 3.63) is 125 Å². The van der Waals surface area contributed by atoms with Crippen molar-refractivity contribution in [1.29, 1.82) is 0 Å². The van der Waals surface area contributed by atoms with Gasteiger partial charge in [0.25, 0.3) is 11.8 Å². The third kappa shape index (κ3) is 5.54. The Kier molecular flexibility index (Phi) is 7.70. The van der Waals surface area contributed by atoms with Crippen LogP contribution in [0.5, 0.6) is 0 Å². The zero-order chi connectivity index (χ0) is 27.4. The molecule has 7 heteroatoms. The van der Waals surface area contributed by atoms with Gasteiger partial charge >= 0.3 is 5.97 Å². The summed E-state index contributed by atoms with van der Waals surface area (Å²) in [5, 5.41) is 0. The van der Waals surface area contributed by atoms with Crippen LogP contribution in [-0.2, 0) is 4.74 Å². The van der Waals surface area contributed by atoms with Crippen LogP contribution in [0.25, 0.3) is 0 Å². The van der Waals surface area contributed by atoms with Gasteiger partial charge in [-0.05, 0) is 61.0 Å². The summed E-state index contributed by atoms with van der Waals surface area (Å²) in [7, 11) is 0. The normalized spacial score (nSPS) is 13.2. The van der Waals surface area contributed by atoms with E-state index in [1.54, 1.807) is 48.2 Å². The number of amides is 2. The zero-order valence-corrected chi connectivity index (χ0v) is 22.0. The minimum atomic E-state index is -0.945. The fourth-order valence-electron chi connectivity index (χ4n) is 4.38. The summed E-state index contributed by atoms with van der Waals surface area (Å²) in [6.07, 6.45) is 0.0682. The molecule has 1 aliphatic heterocycles. The van der Waals surface area contributed by atoms with Gasteiger partial charge in [-0.3, -0.25) is 14.4 Å². The van der Waals surface area contributed by atoms with Crippen LogP contribution in [0.1, 0.15) is 61.2 Å². The molecule has 6 nitrogen and oxygen atoms in total. The second-order valence-corrected chi connectivity index (χ2v) is 10.2. The number of anilines is 1. The smallest absolute Gasteiger partial charge is 0.338 e. The van der Waals surface area contributed by atoms with E-state index in [0.717, 1.165) is 14.7 Å². The van der Waals surface area contributed by atoms with Crippen molar-refractivity contribution in [2.45, 2.75) is 35.7 Å². The second-order valence-electron chi connectivity index (χ2n) is 9.03. The van der Waals surface area contributed by atoms with Gasteiger partial charge in [-0.15, -0.1) is 0 Å². The molecular formula is C32H25NO5S. The minimum absolute atomic E-state index is 0.105. The molecule has 0 aliphatic carbocycles. The van der Waals surface area contributed by atoms with Crippen molar-refractivity contribution in [2.24, 2.45) is 0 Å². The molecule has 0 fully saturated rings. The lowest BCUT2D eigenvalue weighted by molar-refractivity contribution is 0.0266. The highest BCUT2D eigenvalue weighted by Crippen LogP contribution is 2.33. The molecule has 0 radical (unpaired) electrons. The Balaban J connectivity index is 1.33. The fraction of sp³-hybridized carbons (Fsp3) is 0.125. The van der Waals surface area contributed by atoms with Crippen LogP contribution in [0, 0.1) is 0 Å². The van der Waals surface area contributed by atoms with E-state index in [2.05, 4.69) is 0 Å². The van der Waals surface area contributed by atoms with E-state index in [1.807, 2.05) is 55.5 Å². The molecule has 194 valence electrons. The second kappa shape index (κ2) is 11.5. The maximum atomic E-state index is 13.3. The highest BCUT2D eigenvalue weighted by atomic mass is 32.2. The Labute approximate surface area is 230 Å². The van der Waals surface area contributed by atoms with Crippen molar-refractivity contribution >= 4 is 41.0 Å². The van der Waals surface area contributed by atoms with Gasteiger partial charge in [0, 0.05) is 15.4 Å². The van der Waals surface area contributed by atoms with Crippen molar-refractivity contribution in [3.8, 4) is 0 Å². The summed E-state index contributed by atoms with van der Waals surface area (Å²) in [5.41, 5.74) is 1.35. The van der Waals surface area contributed by atoms with Crippen molar-refractivity contribution in [3.63, 3.8) is 0 Å². The van der Waals surface area contributed by atoms with Crippen LogP contribution in [0.15, 0.2) is 113 Å². The number of hydrogen-bond donors (Lipinski definition) is 0. The van der Waals surface area contributed by atoms with Crippen LogP contribution in [0.4, 0.5) is 5.69 Å². The third-order valence-corrected chi connectivity index (χ3v) is 7.36. The number of rotatable bonds is 9. The number of fused-ring (bicyclic) bond motifs is 1. The van der Waals surface area contributed by atoms with Crippen molar-refractivity contribution < 1.29 is 23.9 Å². The van der Waals surface area contributed by atoms with Gasteiger partial charge in [-0.25, -0.2) is 9.69 Å². The molecule has 39 heavy (non-hydrogen) atoms. The van der Waals surface area contributed by atoms with Gasteiger partial charge in [0.15, 0.2) is 6.10 Å². The first-order valence-electron chi connectivity index (χ1n) is 12.6. The molecule has 0 bridgehead atoms. The summed E-state index contributed by atoms with van der Waals surface area (Å²) in [4.78, 5) is 55.5. The monoisotopic (exact) mass is 535 g/mol. The van der Waals surface area contributed by atoms with Gasteiger partial charge in [0.05, 0.1) is 22.4 Å². The lowest BCUT2D eigenvalue weighted by atomic mass is 10.0. The lowest BCUT2D eigenvalue weighted by Crippen LogP contribution is -2.29. The molecule has 0 saturated carbocycles. The van der Waals surface area contributed by atoms with Crippen molar-refractivity contribution in [2.75, 3.05) is 4.90 Å². The number of carbonyl (C=O) groups excluding carboxylic acids is 4. The Bertz CT molecular complexity index is 1530. The van der Waals surface area contributed by atoms with E-state index in [-0.39, 0.29) is 22.5 Å². The third-order valence-electron chi connectivity index (χ3n) is 6.35. The average Bonchev–Trinajstić information content (AvgIpc) is 3.22. The van der Waals surface area contributed by atoms with Crippen LogP contribution in [0.3, 0.4) is 0 Å². The maximum absolute atomic E-state index is 13.3. The summed E-state index contributed by atoms with van der Waals surface area (Å²) >= 11 is 1.58. The standard InChI is InChI=1S/C32H25NO5S/c1-2-9-28(29(34)21-10-5-3-6-11-21)38-32(37)22-14-19-26-27(20-22)31(36)33(30(26)35)23-15-17-25(18-16-23)39-24-12-7-4-8-13-24/h3-8,10-20,28H,2,9H2,1H3. The van der Waals surface area contributed by atoms with Crippen LogP contribution in [-0.4, -0.2) is 29.7 Å². The molecule has 0 spiro atoms. The number of esters is 1. The largest absolute Gasteiger partial charge is 0.450 e. The number of hydrogen-bond acceptors (Lipinski definition) is 6. The molecule has 1 aliphatic rings. The Morgan fingerprint density at radius 1 is 0.744 bits per heavy atom. The number of nitrogens with zero attached hydrogens (tertiary/aromatic N) is 1. The van der Waals surface area contributed by atoms with E-state index in [4.69, 9.17) is 4.74 Å². The molecule has 0 aromatic heterocycles. The van der Waals surface area contributed by atoms with Gasteiger partial charge in [0.2, 0.25) is 5.78 Å². The van der Waals surface area contributed by atoms with Gasteiger partial charge in [-0.2, -0.15) is 0 Å². The zero-order valence-electron chi connectivity index (χ0n) is 21.2. The minimum Gasteiger partial charge on any atom is -0.450 e. The molecule has 1 heterocycles. The van der Waals surface area contributed by atoms with Gasteiger partial charge in [-0.1, -0.05) is 73.6 Å². The number of imide groups is 1. The molecule has 4 aromatic carbocycles. The summed E-state index contributed by atoms with van der Waals surface area (Å²) in [6, 6.07) is 30.0. The molecule has 1 atom stereocenters. The Morgan fingerprint density at radius 3 is 2.03 bits per heavy atom. The van der Waals surface area contributed by atoms with E-state index in [1.165, 1.54) is 18.2 Å². The quantitative estimate of drug-likeness (QED) is 0.133. The van der Waals surface area contributed by atoms with Crippen LogP contribution >= 0.6 is 11.8 Å². The number of carbonyl (C=O) groups is 4. The summed E-state index contributed by atoms with van der Waals surface area (Å²) < 4.78 is 5.59. The van der Waals surface area contributed by atoms with E-state index in [9.17, 15) is 19.2 Å². The molecule has 0 N–H and O–H groups in total. The lowest BCUT2D eigenvalue weighted by Gasteiger charge is -2.16. The molecule has 5 rings (SSSR count). The summed E-state index contributed by atoms with van der Waals surface area (Å²) in [5.74, 6) is -1.97. The first-order valence-corrected chi connectivity index (χ1v) is 13.4. The van der Waals surface area contributed by atoms with E-state index in [0.29, 0.717) is 24.1 Å². The van der Waals surface area contributed by atoms with Crippen LogP contribution < -0.4 is 4.90 Å². The predicted molar refractivity (Wildman–Crippen MR) is 149 cm³/mol. The van der Waals surface area contributed by atoms with E-state index < -0.39 is 23.9 Å². The van der Waals surface area contributed by atoms with Crippen LogP contribution in [0.2, 0.25) is 0 Å². The van der Waals surface area contributed by atoms with Crippen molar-refractivity contribution in [1.82, 2.24) is 0 Å². The fourth-order valence-corrected chi connectivity index (χ4v) is 5.22. The predicted octanol–water partition coefficient (Wildman–Crippen LogP) is 6.85. The van der Waals surface area contributed by atoms with Gasteiger partial charge in [0.1, 0.15) is 0 Å². The van der Waals surface area contributed by atoms with Gasteiger partial charge < -0.3 is 4.74 Å². The van der Waals surface area contributed by atoms with E-state index >= 15 is 0 Å². The number of ether oxygens (including phenoxy) is 1. The molecule has 2 amide bonds. The highest BCUT2D eigenvalue weighted by Gasteiger charge is 2.37. The first-order chi connectivity index (χ1) is 19.0. The average molecular weight is 536 g/mol. The molecular weight excluding hydrogens is 510 g/mol. The number of ketones is 1. The Morgan fingerprint density at radius 2 is 1.36 bits per heavy atom. The number of benzene rings is 4. The Hall–Kier alpha value is -4.49.